The maximum atomic E-state index is 12.5. The van der Waals surface area contributed by atoms with Crippen LogP contribution in [-0.4, -0.2) is 46.9 Å². The molecule has 1 amide bonds. The van der Waals surface area contributed by atoms with E-state index in [2.05, 4.69) is 5.10 Å². The number of amides is 1. The molecule has 1 aromatic rings. The molecule has 0 radical (unpaired) electrons. The van der Waals surface area contributed by atoms with Crippen molar-refractivity contribution >= 4 is 5.91 Å². The molecule has 7 heteroatoms. The van der Waals surface area contributed by atoms with Crippen LogP contribution in [0.3, 0.4) is 0 Å². The quantitative estimate of drug-likeness (QED) is 0.842. The normalized spacial score (nSPS) is 22.0. The summed E-state index contributed by atoms with van der Waals surface area (Å²) in [7, 11) is 0. The zero-order valence-corrected chi connectivity index (χ0v) is 11.8. The van der Waals surface area contributed by atoms with Crippen molar-refractivity contribution < 1.29 is 18.3 Å². The topological polar surface area (TPSA) is 47.4 Å². The first-order chi connectivity index (χ1) is 10.1. The minimum Gasteiger partial charge on any atom is -0.381 e. The van der Waals surface area contributed by atoms with Gasteiger partial charge in [0.15, 0.2) is 5.69 Å². The number of piperidine rings is 1. The highest BCUT2D eigenvalue weighted by atomic mass is 19.3. The fourth-order valence-electron chi connectivity index (χ4n) is 3.21. The van der Waals surface area contributed by atoms with Crippen molar-refractivity contribution in [1.82, 2.24) is 14.7 Å². The number of hydrogen-bond donors (Lipinski definition) is 0. The Hall–Kier alpha value is -1.50. The lowest BCUT2D eigenvalue weighted by molar-refractivity contribution is -0.0176. The highest BCUT2D eigenvalue weighted by Crippen LogP contribution is 2.40. The summed E-state index contributed by atoms with van der Waals surface area (Å²) in [5.74, 6) is -0.253. The second kappa shape index (κ2) is 5.71. The van der Waals surface area contributed by atoms with E-state index >= 15 is 0 Å². The number of hydrogen-bond acceptors (Lipinski definition) is 3. The summed E-state index contributed by atoms with van der Waals surface area (Å²) >= 11 is 0. The molecule has 0 bridgehead atoms. The van der Waals surface area contributed by atoms with Gasteiger partial charge in [-0.3, -0.25) is 4.79 Å². The zero-order chi connectivity index (χ0) is 14.9. The Morgan fingerprint density at radius 3 is 2.48 bits per heavy atom. The van der Waals surface area contributed by atoms with Crippen LogP contribution in [-0.2, 0) is 4.74 Å². The molecular formula is C14H19F2N3O2. The molecule has 21 heavy (non-hydrogen) atoms. The molecule has 2 aliphatic rings. The largest absolute Gasteiger partial charge is 0.381 e. The van der Waals surface area contributed by atoms with Crippen molar-refractivity contribution in [2.24, 2.45) is 5.41 Å². The first-order valence-corrected chi connectivity index (χ1v) is 7.30. The zero-order valence-electron chi connectivity index (χ0n) is 11.8. The minimum atomic E-state index is -2.71. The van der Waals surface area contributed by atoms with E-state index in [0.717, 1.165) is 45.1 Å². The highest BCUT2D eigenvalue weighted by molar-refractivity contribution is 5.92. The molecular weight excluding hydrogens is 280 g/mol. The number of nitrogens with zero attached hydrogens (tertiary/aromatic N) is 3. The van der Waals surface area contributed by atoms with E-state index in [9.17, 15) is 13.6 Å². The van der Waals surface area contributed by atoms with Crippen LogP contribution in [0.2, 0.25) is 0 Å². The predicted octanol–water partition coefficient (Wildman–Crippen LogP) is 2.31. The van der Waals surface area contributed by atoms with Crippen LogP contribution < -0.4 is 0 Å². The van der Waals surface area contributed by atoms with Gasteiger partial charge in [0.25, 0.3) is 5.91 Å². The highest BCUT2D eigenvalue weighted by Gasteiger charge is 2.37. The molecule has 2 fully saturated rings. The predicted molar refractivity (Wildman–Crippen MR) is 71.1 cm³/mol. The van der Waals surface area contributed by atoms with Crippen molar-refractivity contribution in [3.05, 3.63) is 18.0 Å². The molecule has 2 aliphatic heterocycles. The van der Waals surface area contributed by atoms with E-state index in [1.165, 1.54) is 6.07 Å². The van der Waals surface area contributed by atoms with Crippen molar-refractivity contribution in [3.63, 3.8) is 0 Å². The minimum absolute atomic E-state index is 0.0956. The summed E-state index contributed by atoms with van der Waals surface area (Å²) in [5.41, 5.74) is 0.399. The molecule has 0 atom stereocenters. The molecule has 5 nitrogen and oxygen atoms in total. The van der Waals surface area contributed by atoms with E-state index in [0.29, 0.717) is 23.2 Å². The van der Waals surface area contributed by atoms with Gasteiger partial charge in [-0.15, -0.1) is 0 Å². The standard InChI is InChI=1S/C14H19F2N3O2/c15-13(16)19-6-1-11(17-19)12(20)18-7-2-14(3-8-18)4-9-21-10-5-14/h1,6,13H,2-5,7-10H2. The molecule has 0 saturated carbocycles. The Kier molecular flexibility index (Phi) is 3.93. The van der Waals surface area contributed by atoms with Gasteiger partial charge in [0.05, 0.1) is 0 Å². The van der Waals surface area contributed by atoms with Gasteiger partial charge in [0, 0.05) is 32.5 Å². The first kappa shape index (κ1) is 14.4. The van der Waals surface area contributed by atoms with Crippen LogP contribution in [0.25, 0.3) is 0 Å². The van der Waals surface area contributed by atoms with Crippen LogP contribution in [0.1, 0.15) is 42.7 Å². The molecule has 0 N–H and O–H groups in total. The van der Waals surface area contributed by atoms with Crippen molar-refractivity contribution in [2.45, 2.75) is 32.2 Å². The Balaban J connectivity index is 1.61. The number of rotatable bonds is 2. The van der Waals surface area contributed by atoms with E-state index in [-0.39, 0.29) is 11.6 Å². The number of carbonyl (C=O) groups excluding carboxylic acids is 1. The molecule has 0 unspecified atom stereocenters. The molecule has 1 aromatic heterocycles. The van der Waals surface area contributed by atoms with E-state index in [1.54, 1.807) is 4.90 Å². The lowest BCUT2D eigenvalue weighted by Crippen LogP contribution is -2.45. The van der Waals surface area contributed by atoms with Gasteiger partial charge in [0.2, 0.25) is 0 Å². The van der Waals surface area contributed by atoms with Crippen molar-refractivity contribution in [3.8, 4) is 0 Å². The third-order valence-corrected chi connectivity index (χ3v) is 4.69. The summed E-state index contributed by atoms with van der Waals surface area (Å²) < 4.78 is 30.9. The fourth-order valence-corrected chi connectivity index (χ4v) is 3.21. The summed E-state index contributed by atoms with van der Waals surface area (Å²) in [5, 5.41) is 3.64. The van der Waals surface area contributed by atoms with Crippen LogP contribution in [0.5, 0.6) is 0 Å². The smallest absolute Gasteiger partial charge is 0.333 e. The summed E-state index contributed by atoms with van der Waals surface area (Å²) in [6.45, 7) is 0.221. The molecule has 3 heterocycles. The monoisotopic (exact) mass is 299 g/mol. The van der Waals surface area contributed by atoms with Crippen LogP contribution in [0, 0.1) is 5.41 Å². The van der Waals surface area contributed by atoms with Gasteiger partial charge in [0.1, 0.15) is 0 Å². The van der Waals surface area contributed by atoms with Crippen LogP contribution in [0.4, 0.5) is 8.78 Å². The lowest BCUT2D eigenvalue weighted by atomic mass is 9.72. The number of carbonyl (C=O) groups is 1. The Morgan fingerprint density at radius 2 is 1.90 bits per heavy atom. The average Bonchev–Trinajstić information content (AvgIpc) is 2.98. The van der Waals surface area contributed by atoms with Gasteiger partial charge >= 0.3 is 6.55 Å². The fraction of sp³-hybridized carbons (Fsp3) is 0.714. The van der Waals surface area contributed by atoms with Crippen LogP contribution >= 0.6 is 0 Å². The van der Waals surface area contributed by atoms with E-state index < -0.39 is 6.55 Å². The molecule has 116 valence electrons. The molecule has 0 aliphatic carbocycles. The van der Waals surface area contributed by atoms with E-state index in [1.807, 2.05) is 0 Å². The van der Waals surface area contributed by atoms with Gasteiger partial charge < -0.3 is 9.64 Å². The molecule has 3 rings (SSSR count). The summed E-state index contributed by atoms with van der Waals surface area (Å²) in [6.07, 6.45) is 5.15. The number of ether oxygens (including phenoxy) is 1. The van der Waals surface area contributed by atoms with Gasteiger partial charge in [-0.2, -0.15) is 13.9 Å². The number of aromatic nitrogens is 2. The third kappa shape index (κ3) is 2.92. The summed E-state index contributed by atoms with van der Waals surface area (Å²) in [4.78, 5) is 14.0. The first-order valence-electron chi connectivity index (χ1n) is 7.30. The maximum Gasteiger partial charge on any atom is 0.333 e. The van der Waals surface area contributed by atoms with Gasteiger partial charge in [-0.25, -0.2) is 4.68 Å². The second-order valence-corrected chi connectivity index (χ2v) is 5.86. The van der Waals surface area contributed by atoms with E-state index in [4.69, 9.17) is 4.74 Å². The molecule has 1 spiro atoms. The number of likely N-dealkylation sites (tertiary alicyclic amines) is 1. The van der Waals surface area contributed by atoms with Gasteiger partial charge in [-0.05, 0) is 37.2 Å². The third-order valence-electron chi connectivity index (χ3n) is 4.69. The number of halogens is 2. The Bertz CT molecular complexity index is 502. The lowest BCUT2D eigenvalue weighted by Gasteiger charge is -2.43. The Labute approximate surface area is 121 Å². The molecule has 0 aromatic carbocycles. The Morgan fingerprint density at radius 1 is 1.24 bits per heavy atom. The van der Waals surface area contributed by atoms with Crippen molar-refractivity contribution in [2.75, 3.05) is 26.3 Å². The van der Waals surface area contributed by atoms with Crippen LogP contribution in [0.15, 0.2) is 12.3 Å². The maximum absolute atomic E-state index is 12.5. The SMILES string of the molecule is O=C(c1ccn(C(F)F)n1)N1CCC2(CCOCC2)CC1. The van der Waals surface area contributed by atoms with Gasteiger partial charge in [-0.1, -0.05) is 0 Å². The average molecular weight is 299 g/mol. The van der Waals surface area contributed by atoms with Crippen molar-refractivity contribution in [1.29, 1.82) is 0 Å². The number of alkyl halides is 2. The summed E-state index contributed by atoms with van der Waals surface area (Å²) in [6, 6.07) is 1.35. The molecule has 2 saturated heterocycles. The second-order valence-electron chi connectivity index (χ2n) is 5.86.